The molecule has 1 N–H and O–H groups in total. The quantitative estimate of drug-likeness (QED) is 0.330. The molecule has 0 radical (unpaired) electrons. The summed E-state index contributed by atoms with van der Waals surface area (Å²) in [4.78, 5) is 30.1. The number of amidine groups is 1. The van der Waals surface area contributed by atoms with Crippen LogP contribution in [-0.2, 0) is 9.53 Å². The number of aromatic hydroxyl groups is 1. The van der Waals surface area contributed by atoms with Crippen LogP contribution in [0, 0.1) is 10.1 Å². The maximum atomic E-state index is 13.1. The molecular formula is C22H23N3O7S. The molecule has 10 nitrogen and oxygen atoms in total. The van der Waals surface area contributed by atoms with Crippen molar-refractivity contribution < 1.29 is 29.0 Å². The Morgan fingerprint density at radius 2 is 1.97 bits per heavy atom. The highest BCUT2D eigenvalue weighted by atomic mass is 32.2. The van der Waals surface area contributed by atoms with Crippen LogP contribution < -0.4 is 9.47 Å². The Kier molecular flexibility index (Phi) is 7.91. The fourth-order valence-electron chi connectivity index (χ4n) is 2.99. The molecule has 174 valence electrons. The summed E-state index contributed by atoms with van der Waals surface area (Å²) in [6.07, 6.45) is 1.51. The number of nitro groups is 1. The molecule has 0 saturated carbocycles. The lowest BCUT2D eigenvalue weighted by atomic mass is 10.1. The zero-order chi connectivity index (χ0) is 24.0. The van der Waals surface area contributed by atoms with Crippen molar-refractivity contribution in [2.45, 2.75) is 6.92 Å². The highest BCUT2D eigenvalue weighted by Gasteiger charge is 2.33. The zero-order valence-electron chi connectivity index (χ0n) is 18.3. The second-order valence-corrected chi connectivity index (χ2v) is 7.74. The van der Waals surface area contributed by atoms with Gasteiger partial charge < -0.3 is 19.3 Å². The van der Waals surface area contributed by atoms with Crippen molar-refractivity contribution in [3.05, 3.63) is 57.0 Å². The number of hydrogen-bond acceptors (Lipinski definition) is 9. The van der Waals surface area contributed by atoms with Gasteiger partial charge in [-0.05, 0) is 60.7 Å². The van der Waals surface area contributed by atoms with E-state index in [2.05, 4.69) is 4.99 Å². The van der Waals surface area contributed by atoms with Crippen LogP contribution in [0.4, 0.5) is 11.4 Å². The number of nitrogens with zero attached hydrogens (tertiary/aromatic N) is 3. The minimum absolute atomic E-state index is 0.0302. The fraction of sp³-hybridized carbons (Fsp3) is 0.273. The van der Waals surface area contributed by atoms with E-state index >= 15 is 0 Å². The Balaban J connectivity index is 2.00. The Bertz CT molecular complexity index is 1100. The van der Waals surface area contributed by atoms with Gasteiger partial charge in [0.2, 0.25) is 5.75 Å². The lowest BCUT2D eigenvalue weighted by Gasteiger charge is -2.14. The van der Waals surface area contributed by atoms with Gasteiger partial charge in [-0.15, -0.1) is 0 Å². The van der Waals surface area contributed by atoms with Gasteiger partial charge in [0.25, 0.3) is 5.91 Å². The number of hydrogen-bond donors (Lipinski definition) is 1. The van der Waals surface area contributed by atoms with E-state index in [1.165, 1.54) is 30.2 Å². The minimum Gasteiger partial charge on any atom is -0.500 e. The van der Waals surface area contributed by atoms with Gasteiger partial charge in [-0.2, -0.15) is 0 Å². The van der Waals surface area contributed by atoms with Crippen molar-refractivity contribution in [2.75, 3.05) is 34.0 Å². The highest BCUT2D eigenvalue weighted by molar-refractivity contribution is 8.18. The molecule has 0 aliphatic carbocycles. The average molecular weight is 474 g/mol. The number of nitro benzene ring substituents is 1. The number of phenolic OH excluding ortho intramolecular Hbond substituents is 1. The SMILES string of the molecule is CCOc1cc(/C=C2/SC(=Nc3ccc(OC)cc3)N(CCOC)C2=O)cc([N+](=O)[O-])c1O. The van der Waals surface area contributed by atoms with E-state index in [1.54, 1.807) is 38.3 Å². The molecule has 1 fully saturated rings. The third kappa shape index (κ3) is 5.62. The van der Waals surface area contributed by atoms with E-state index in [0.29, 0.717) is 33.7 Å². The van der Waals surface area contributed by atoms with Crippen LogP contribution in [0.2, 0.25) is 0 Å². The van der Waals surface area contributed by atoms with Crippen molar-refractivity contribution in [1.29, 1.82) is 0 Å². The Morgan fingerprint density at radius 3 is 2.58 bits per heavy atom. The normalized spacial score (nSPS) is 16.0. The summed E-state index contributed by atoms with van der Waals surface area (Å²) >= 11 is 1.14. The monoisotopic (exact) mass is 473 g/mol. The van der Waals surface area contributed by atoms with E-state index in [-0.39, 0.29) is 24.8 Å². The van der Waals surface area contributed by atoms with Crippen LogP contribution >= 0.6 is 11.8 Å². The molecule has 2 aromatic rings. The van der Waals surface area contributed by atoms with Crippen molar-refractivity contribution in [1.82, 2.24) is 4.90 Å². The van der Waals surface area contributed by atoms with Crippen molar-refractivity contribution in [3.63, 3.8) is 0 Å². The summed E-state index contributed by atoms with van der Waals surface area (Å²) in [6, 6.07) is 9.71. The van der Waals surface area contributed by atoms with Gasteiger partial charge >= 0.3 is 5.69 Å². The molecule has 3 rings (SSSR count). The van der Waals surface area contributed by atoms with Gasteiger partial charge in [0, 0.05) is 13.2 Å². The summed E-state index contributed by atoms with van der Waals surface area (Å²) in [5.74, 6) is -0.210. The molecular weight excluding hydrogens is 450 g/mol. The van der Waals surface area contributed by atoms with Gasteiger partial charge in [0.1, 0.15) is 5.75 Å². The smallest absolute Gasteiger partial charge is 0.315 e. The largest absolute Gasteiger partial charge is 0.500 e. The summed E-state index contributed by atoms with van der Waals surface area (Å²) in [6.45, 7) is 2.50. The minimum atomic E-state index is -0.703. The molecule has 1 amide bonds. The Labute approximate surface area is 194 Å². The number of ether oxygens (including phenoxy) is 3. The van der Waals surface area contributed by atoms with Crippen LogP contribution in [-0.4, -0.2) is 60.0 Å². The van der Waals surface area contributed by atoms with Crippen molar-refractivity contribution >= 4 is 40.3 Å². The number of aliphatic imine (C=N–C) groups is 1. The van der Waals surface area contributed by atoms with Crippen molar-refractivity contribution in [2.24, 2.45) is 4.99 Å². The van der Waals surface area contributed by atoms with Gasteiger partial charge in [0.05, 0.1) is 42.4 Å². The molecule has 1 aliphatic rings. The Morgan fingerprint density at radius 1 is 1.24 bits per heavy atom. The maximum absolute atomic E-state index is 13.1. The molecule has 11 heteroatoms. The average Bonchev–Trinajstić information content (AvgIpc) is 3.08. The number of thioether (sulfide) groups is 1. The molecule has 1 heterocycles. The van der Waals surface area contributed by atoms with Crippen LogP contribution in [0.1, 0.15) is 12.5 Å². The second-order valence-electron chi connectivity index (χ2n) is 6.73. The maximum Gasteiger partial charge on any atom is 0.315 e. The fourth-order valence-corrected chi connectivity index (χ4v) is 4.02. The summed E-state index contributed by atoms with van der Waals surface area (Å²) in [7, 11) is 3.11. The lowest BCUT2D eigenvalue weighted by molar-refractivity contribution is -0.386. The van der Waals surface area contributed by atoms with E-state index in [9.17, 15) is 20.0 Å². The second kappa shape index (κ2) is 10.8. The van der Waals surface area contributed by atoms with Gasteiger partial charge in [0.15, 0.2) is 10.9 Å². The molecule has 1 saturated heterocycles. The number of carbonyl (C=O) groups is 1. The number of benzene rings is 2. The van der Waals surface area contributed by atoms with Crippen LogP contribution in [0.5, 0.6) is 17.2 Å². The highest BCUT2D eigenvalue weighted by Crippen LogP contribution is 2.40. The molecule has 33 heavy (non-hydrogen) atoms. The summed E-state index contributed by atoms with van der Waals surface area (Å²) < 4.78 is 15.6. The third-order valence-electron chi connectivity index (χ3n) is 4.58. The number of phenols is 1. The lowest BCUT2D eigenvalue weighted by Crippen LogP contribution is -2.32. The van der Waals surface area contributed by atoms with E-state index < -0.39 is 16.4 Å². The first-order valence-corrected chi connectivity index (χ1v) is 10.8. The van der Waals surface area contributed by atoms with E-state index in [4.69, 9.17) is 14.2 Å². The number of carbonyl (C=O) groups excluding carboxylic acids is 1. The van der Waals surface area contributed by atoms with Gasteiger partial charge in [-0.25, -0.2) is 4.99 Å². The van der Waals surface area contributed by atoms with Crippen molar-refractivity contribution in [3.8, 4) is 17.2 Å². The van der Waals surface area contributed by atoms with Gasteiger partial charge in [-0.3, -0.25) is 19.8 Å². The topological polar surface area (TPSA) is 124 Å². The predicted octanol–water partition coefficient (Wildman–Crippen LogP) is 3.96. The molecule has 0 bridgehead atoms. The predicted molar refractivity (Wildman–Crippen MR) is 125 cm³/mol. The summed E-state index contributed by atoms with van der Waals surface area (Å²) in [5.41, 5.74) is 0.469. The molecule has 0 aromatic heterocycles. The number of rotatable bonds is 9. The van der Waals surface area contributed by atoms with Crippen LogP contribution in [0.25, 0.3) is 6.08 Å². The zero-order valence-corrected chi connectivity index (χ0v) is 19.1. The first-order valence-electron chi connectivity index (χ1n) is 9.95. The summed E-state index contributed by atoms with van der Waals surface area (Å²) in [5, 5.41) is 21.9. The number of amides is 1. The molecule has 0 spiro atoms. The van der Waals surface area contributed by atoms with E-state index in [1.807, 2.05) is 0 Å². The van der Waals surface area contributed by atoms with Crippen LogP contribution in [0.15, 0.2) is 46.3 Å². The first kappa shape index (κ1) is 24.1. The Hall–Kier alpha value is -3.57. The van der Waals surface area contributed by atoms with Crippen LogP contribution in [0.3, 0.4) is 0 Å². The molecule has 1 aliphatic heterocycles. The standard InChI is InChI=1S/C22H23N3O7S/c1-4-32-18-12-14(11-17(20(18)26)25(28)29)13-19-21(27)24(9-10-30-2)22(33-19)23-15-5-7-16(31-3)8-6-15/h5-8,11-13,26H,4,9-10H2,1-3H3/b19-13+,23-22?. The molecule has 0 unspecified atom stereocenters. The van der Waals surface area contributed by atoms with E-state index in [0.717, 1.165) is 11.8 Å². The third-order valence-corrected chi connectivity index (χ3v) is 5.58. The number of methoxy groups -OCH3 is 2. The first-order chi connectivity index (χ1) is 15.9. The van der Waals surface area contributed by atoms with Gasteiger partial charge in [-0.1, -0.05) is 0 Å². The molecule has 0 atom stereocenters. The molecule has 2 aromatic carbocycles.